The molecule has 0 heterocycles. The molecule has 0 rings (SSSR count). The Hall–Kier alpha value is -0.570. The Labute approximate surface area is 87.1 Å². The van der Waals surface area contributed by atoms with E-state index in [0.717, 1.165) is 19.4 Å². The summed E-state index contributed by atoms with van der Waals surface area (Å²) in [6, 6.07) is 0. The highest BCUT2D eigenvalue weighted by Crippen LogP contribution is 2.16. The highest BCUT2D eigenvalue weighted by molar-refractivity contribution is 5.77. The Bertz CT molecular complexity index is 190. The molecule has 0 saturated carbocycles. The molecule has 0 aromatic rings. The van der Waals surface area contributed by atoms with Crippen LogP contribution >= 0.6 is 0 Å². The van der Waals surface area contributed by atoms with Gasteiger partial charge in [-0.3, -0.25) is 9.69 Å². The molecule has 0 saturated heterocycles. The second-order valence-electron chi connectivity index (χ2n) is 4.64. The average molecular weight is 201 g/mol. The van der Waals surface area contributed by atoms with Gasteiger partial charge in [-0.25, -0.2) is 0 Å². The number of rotatable bonds is 6. The lowest BCUT2D eigenvalue weighted by Gasteiger charge is -2.33. The number of likely N-dealkylation sites (N-methyl/N-ethyl adjacent to an activating group) is 1. The van der Waals surface area contributed by atoms with E-state index in [0.29, 0.717) is 5.92 Å². The largest absolute Gasteiger partial charge is 0.480 e. The van der Waals surface area contributed by atoms with Gasteiger partial charge in [0.25, 0.3) is 0 Å². The van der Waals surface area contributed by atoms with Gasteiger partial charge in [-0.1, -0.05) is 20.3 Å². The number of nitrogens with zero attached hydrogens (tertiary/aromatic N) is 1. The molecule has 0 aromatic carbocycles. The summed E-state index contributed by atoms with van der Waals surface area (Å²) in [4.78, 5) is 12.9. The molecule has 0 fully saturated rings. The first kappa shape index (κ1) is 13.4. The molecule has 0 bridgehead atoms. The summed E-state index contributed by atoms with van der Waals surface area (Å²) in [7, 11) is 1.88. The van der Waals surface area contributed by atoms with Gasteiger partial charge in [-0.15, -0.1) is 0 Å². The third kappa shape index (κ3) is 3.66. The van der Waals surface area contributed by atoms with Gasteiger partial charge >= 0.3 is 5.97 Å². The average Bonchev–Trinajstić information content (AvgIpc) is 2.03. The molecule has 84 valence electrons. The highest BCUT2D eigenvalue weighted by Gasteiger charge is 2.32. The molecule has 0 spiro atoms. The molecule has 0 aliphatic carbocycles. The number of carboxylic acids is 1. The van der Waals surface area contributed by atoms with Crippen LogP contribution < -0.4 is 0 Å². The summed E-state index contributed by atoms with van der Waals surface area (Å²) < 4.78 is 0. The van der Waals surface area contributed by atoms with Gasteiger partial charge in [0.2, 0.25) is 0 Å². The molecule has 0 radical (unpaired) electrons. The third-order valence-corrected chi connectivity index (χ3v) is 2.84. The lowest BCUT2D eigenvalue weighted by molar-refractivity contribution is -0.148. The molecule has 0 aromatic heterocycles. The highest BCUT2D eigenvalue weighted by atomic mass is 16.4. The van der Waals surface area contributed by atoms with Crippen molar-refractivity contribution in [2.75, 3.05) is 13.6 Å². The van der Waals surface area contributed by atoms with E-state index in [4.69, 9.17) is 5.11 Å². The molecular formula is C11H23NO2. The maximum Gasteiger partial charge on any atom is 0.323 e. The van der Waals surface area contributed by atoms with Crippen molar-refractivity contribution in [3.63, 3.8) is 0 Å². The maximum absolute atomic E-state index is 11.0. The van der Waals surface area contributed by atoms with E-state index >= 15 is 0 Å². The first-order valence-electron chi connectivity index (χ1n) is 5.27. The summed E-state index contributed by atoms with van der Waals surface area (Å²) in [6.07, 6.45) is 2.31. The summed E-state index contributed by atoms with van der Waals surface area (Å²) in [5, 5.41) is 9.01. The number of hydrogen-bond acceptors (Lipinski definition) is 2. The minimum Gasteiger partial charge on any atom is -0.480 e. The van der Waals surface area contributed by atoms with E-state index in [9.17, 15) is 4.79 Å². The van der Waals surface area contributed by atoms with Crippen molar-refractivity contribution in [3.8, 4) is 0 Å². The van der Waals surface area contributed by atoms with Crippen LogP contribution in [-0.2, 0) is 4.79 Å². The minimum absolute atomic E-state index is 0.559. The van der Waals surface area contributed by atoms with Crippen molar-refractivity contribution >= 4 is 5.97 Å². The van der Waals surface area contributed by atoms with E-state index < -0.39 is 11.5 Å². The number of aliphatic carboxylic acids is 1. The Morgan fingerprint density at radius 3 is 2.36 bits per heavy atom. The molecule has 0 aliphatic heterocycles. The van der Waals surface area contributed by atoms with Gasteiger partial charge in [0.05, 0.1) is 0 Å². The van der Waals surface area contributed by atoms with Gasteiger partial charge in [0.15, 0.2) is 0 Å². The summed E-state index contributed by atoms with van der Waals surface area (Å²) >= 11 is 0. The normalized spacial score (nSPS) is 14.4. The molecule has 1 unspecified atom stereocenters. The Morgan fingerprint density at radius 1 is 1.50 bits per heavy atom. The van der Waals surface area contributed by atoms with E-state index in [2.05, 4.69) is 13.8 Å². The van der Waals surface area contributed by atoms with Crippen molar-refractivity contribution in [2.45, 2.75) is 46.1 Å². The summed E-state index contributed by atoms with van der Waals surface area (Å²) in [5.41, 5.74) is -0.762. The topological polar surface area (TPSA) is 40.5 Å². The Morgan fingerprint density at radius 2 is 2.00 bits per heavy atom. The van der Waals surface area contributed by atoms with Crippen LogP contribution in [0.15, 0.2) is 0 Å². The van der Waals surface area contributed by atoms with Crippen molar-refractivity contribution in [2.24, 2.45) is 5.92 Å². The van der Waals surface area contributed by atoms with Crippen LogP contribution in [0, 0.1) is 5.92 Å². The fourth-order valence-corrected chi connectivity index (χ4v) is 1.44. The standard InChI is InChI=1S/C11H23NO2/c1-6-7-9(2)8-12(5)11(3,4)10(13)14/h9H,6-8H2,1-5H3,(H,13,14). The molecule has 1 N–H and O–H groups in total. The van der Waals surface area contributed by atoms with Crippen molar-refractivity contribution in [1.82, 2.24) is 4.90 Å². The lowest BCUT2D eigenvalue weighted by atomic mass is 10.00. The zero-order valence-electron chi connectivity index (χ0n) is 10.0. The summed E-state index contributed by atoms with van der Waals surface area (Å²) in [5.74, 6) is -0.202. The number of carboxylic acid groups (broad SMARTS) is 1. The van der Waals surface area contributed by atoms with Gasteiger partial charge in [0.1, 0.15) is 5.54 Å². The van der Waals surface area contributed by atoms with E-state index in [-0.39, 0.29) is 0 Å². The minimum atomic E-state index is -0.762. The van der Waals surface area contributed by atoms with Gasteiger partial charge < -0.3 is 5.11 Å². The fourth-order valence-electron chi connectivity index (χ4n) is 1.44. The van der Waals surface area contributed by atoms with Gasteiger partial charge in [0, 0.05) is 6.54 Å². The van der Waals surface area contributed by atoms with E-state index in [1.54, 1.807) is 13.8 Å². The number of hydrogen-bond donors (Lipinski definition) is 1. The Balaban J connectivity index is 4.19. The molecule has 3 heteroatoms. The molecule has 14 heavy (non-hydrogen) atoms. The zero-order chi connectivity index (χ0) is 11.4. The van der Waals surface area contributed by atoms with Crippen molar-refractivity contribution in [1.29, 1.82) is 0 Å². The van der Waals surface area contributed by atoms with E-state index in [1.807, 2.05) is 11.9 Å². The SMILES string of the molecule is CCCC(C)CN(C)C(C)(C)C(=O)O. The fraction of sp³-hybridized carbons (Fsp3) is 0.909. The molecular weight excluding hydrogens is 178 g/mol. The van der Waals surface area contributed by atoms with Gasteiger partial charge in [-0.2, -0.15) is 0 Å². The summed E-state index contributed by atoms with van der Waals surface area (Å²) in [6.45, 7) is 8.64. The molecule has 0 aliphatic rings. The van der Waals surface area contributed by atoms with Crippen LogP contribution in [0.4, 0.5) is 0 Å². The predicted molar refractivity (Wildman–Crippen MR) is 58.4 cm³/mol. The lowest BCUT2D eigenvalue weighted by Crippen LogP contribution is -2.49. The molecule has 0 amide bonds. The van der Waals surface area contributed by atoms with Crippen LogP contribution in [-0.4, -0.2) is 35.1 Å². The van der Waals surface area contributed by atoms with Crippen LogP contribution in [0.2, 0.25) is 0 Å². The smallest absolute Gasteiger partial charge is 0.323 e. The second-order valence-corrected chi connectivity index (χ2v) is 4.64. The molecule has 3 nitrogen and oxygen atoms in total. The van der Waals surface area contributed by atoms with Crippen LogP contribution in [0.5, 0.6) is 0 Å². The number of carbonyl (C=O) groups is 1. The van der Waals surface area contributed by atoms with Crippen LogP contribution in [0.1, 0.15) is 40.5 Å². The first-order chi connectivity index (χ1) is 6.32. The monoisotopic (exact) mass is 201 g/mol. The van der Waals surface area contributed by atoms with Crippen LogP contribution in [0.25, 0.3) is 0 Å². The van der Waals surface area contributed by atoms with E-state index in [1.165, 1.54) is 0 Å². The zero-order valence-corrected chi connectivity index (χ0v) is 10.0. The molecule has 1 atom stereocenters. The first-order valence-corrected chi connectivity index (χ1v) is 5.27. The van der Waals surface area contributed by atoms with Gasteiger partial charge in [-0.05, 0) is 33.2 Å². The van der Waals surface area contributed by atoms with Crippen molar-refractivity contribution < 1.29 is 9.90 Å². The van der Waals surface area contributed by atoms with Crippen molar-refractivity contribution in [3.05, 3.63) is 0 Å². The maximum atomic E-state index is 11.0. The Kier molecular flexibility index (Phi) is 5.13. The van der Waals surface area contributed by atoms with Crippen LogP contribution in [0.3, 0.4) is 0 Å². The second kappa shape index (κ2) is 5.35. The third-order valence-electron chi connectivity index (χ3n) is 2.84. The quantitative estimate of drug-likeness (QED) is 0.716. The predicted octanol–water partition coefficient (Wildman–Crippen LogP) is 2.22.